The van der Waals surface area contributed by atoms with Crippen LogP contribution in [0.3, 0.4) is 0 Å². The van der Waals surface area contributed by atoms with Gasteiger partial charge in [0.05, 0.1) is 8.95 Å². The van der Waals surface area contributed by atoms with Gasteiger partial charge in [-0.25, -0.2) is 0 Å². The zero-order valence-corrected chi connectivity index (χ0v) is 17.9. The van der Waals surface area contributed by atoms with Gasteiger partial charge < -0.3 is 10.1 Å². The van der Waals surface area contributed by atoms with Crippen LogP contribution in [-0.2, 0) is 4.79 Å². The molecule has 2 rings (SSSR count). The Labute approximate surface area is 175 Å². The van der Waals surface area contributed by atoms with Gasteiger partial charge in [0.1, 0.15) is 24.0 Å². The van der Waals surface area contributed by atoms with Crippen LogP contribution in [0.25, 0.3) is 6.08 Å². The molecule has 0 saturated heterocycles. The zero-order valence-electron chi connectivity index (χ0n) is 14.8. The van der Waals surface area contributed by atoms with E-state index in [1.807, 2.05) is 38.1 Å². The lowest BCUT2D eigenvalue weighted by molar-refractivity contribution is -0.112. The quantitative estimate of drug-likeness (QED) is 0.349. The van der Waals surface area contributed by atoms with Gasteiger partial charge in [0.2, 0.25) is 0 Å². The van der Waals surface area contributed by atoms with E-state index in [1.54, 1.807) is 12.1 Å². The summed E-state index contributed by atoms with van der Waals surface area (Å²) in [5.74, 6) is 2.49. The van der Waals surface area contributed by atoms with Crippen molar-refractivity contribution >= 4 is 49.5 Å². The van der Waals surface area contributed by atoms with E-state index < -0.39 is 5.91 Å². The monoisotopic (exact) mass is 486 g/mol. The number of nitrogens with one attached hydrogen (secondary N) is 1. The average molecular weight is 488 g/mol. The summed E-state index contributed by atoms with van der Waals surface area (Å²) in [4.78, 5) is 12.5. The van der Waals surface area contributed by atoms with E-state index in [0.717, 1.165) is 11.1 Å². The first-order valence-electron chi connectivity index (χ1n) is 7.91. The van der Waals surface area contributed by atoms with Crippen molar-refractivity contribution in [3.63, 3.8) is 0 Å². The number of ether oxygens (including phenoxy) is 1. The van der Waals surface area contributed by atoms with E-state index in [9.17, 15) is 10.1 Å². The van der Waals surface area contributed by atoms with Gasteiger partial charge in [-0.05, 0) is 81.1 Å². The zero-order chi connectivity index (χ0) is 20.0. The lowest BCUT2D eigenvalue weighted by atomic mass is 10.1. The van der Waals surface area contributed by atoms with E-state index in [-0.39, 0.29) is 12.2 Å². The molecule has 0 aliphatic rings. The molecule has 0 radical (unpaired) electrons. The van der Waals surface area contributed by atoms with Gasteiger partial charge in [0, 0.05) is 5.69 Å². The van der Waals surface area contributed by atoms with E-state index in [4.69, 9.17) is 11.2 Å². The molecule has 1 N–H and O–H groups in total. The number of benzene rings is 2. The highest BCUT2D eigenvalue weighted by atomic mass is 79.9. The summed E-state index contributed by atoms with van der Waals surface area (Å²) in [6, 6.07) is 11.1. The second-order valence-electron chi connectivity index (χ2n) is 5.75. The Morgan fingerprint density at radius 2 is 1.93 bits per heavy atom. The van der Waals surface area contributed by atoms with Crippen molar-refractivity contribution in [2.24, 2.45) is 0 Å². The SMILES string of the molecule is C#CCOc1c(Br)cc(/C=C(\C#N)C(=O)Nc2ccc(C)cc2C)cc1Br. The van der Waals surface area contributed by atoms with Crippen LogP contribution in [0.5, 0.6) is 5.75 Å². The third-order valence-electron chi connectivity index (χ3n) is 3.63. The highest BCUT2D eigenvalue weighted by Gasteiger charge is 2.13. The molecular formula is C21H16Br2N2O2. The van der Waals surface area contributed by atoms with Crippen LogP contribution in [0.1, 0.15) is 16.7 Å². The third kappa shape index (κ3) is 5.47. The van der Waals surface area contributed by atoms with Crippen LogP contribution in [0.4, 0.5) is 5.69 Å². The van der Waals surface area contributed by atoms with Gasteiger partial charge in [-0.3, -0.25) is 4.79 Å². The Morgan fingerprint density at radius 3 is 2.48 bits per heavy atom. The van der Waals surface area contributed by atoms with Crippen LogP contribution in [0, 0.1) is 37.5 Å². The van der Waals surface area contributed by atoms with E-state index in [1.165, 1.54) is 6.08 Å². The molecule has 4 nitrogen and oxygen atoms in total. The van der Waals surface area contributed by atoms with Crippen molar-refractivity contribution in [2.75, 3.05) is 11.9 Å². The highest BCUT2D eigenvalue weighted by molar-refractivity contribution is 9.11. The summed E-state index contributed by atoms with van der Waals surface area (Å²) in [6.45, 7) is 4.02. The number of amides is 1. The van der Waals surface area contributed by atoms with Crippen LogP contribution < -0.4 is 10.1 Å². The van der Waals surface area contributed by atoms with Crippen molar-refractivity contribution < 1.29 is 9.53 Å². The third-order valence-corrected chi connectivity index (χ3v) is 4.80. The Kier molecular flexibility index (Phi) is 7.24. The molecule has 136 valence electrons. The molecule has 0 aliphatic carbocycles. The average Bonchev–Trinajstić information content (AvgIpc) is 2.61. The van der Waals surface area contributed by atoms with Gasteiger partial charge in [0.15, 0.2) is 0 Å². The second kappa shape index (κ2) is 9.41. The lowest BCUT2D eigenvalue weighted by Gasteiger charge is -2.10. The standard InChI is InChI=1S/C21H16Br2N2O2/c1-4-7-27-20-17(22)10-15(11-18(20)23)9-16(12-24)21(26)25-19-6-5-13(2)8-14(19)3/h1,5-6,8-11H,7H2,2-3H3,(H,25,26)/b16-9+. The smallest absolute Gasteiger partial charge is 0.266 e. The second-order valence-corrected chi connectivity index (χ2v) is 7.46. The first kappa shape index (κ1) is 20.8. The van der Waals surface area contributed by atoms with Crippen molar-refractivity contribution in [3.05, 3.63) is 61.5 Å². The van der Waals surface area contributed by atoms with Crippen molar-refractivity contribution in [2.45, 2.75) is 13.8 Å². The minimum atomic E-state index is -0.468. The fourth-order valence-corrected chi connectivity index (χ4v) is 3.82. The van der Waals surface area contributed by atoms with Crippen molar-refractivity contribution in [1.82, 2.24) is 0 Å². The molecule has 0 heterocycles. The number of anilines is 1. The van der Waals surface area contributed by atoms with Gasteiger partial charge in [0.25, 0.3) is 5.91 Å². The molecular weight excluding hydrogens is 472 g/mol. The predicted molar refractivity (Wildman–Crippen MR) is 114 cm³/mol. The molecule has 0 saturated carbocycles. The Hall–Kier alpha value is -2.54. The Morgan fingerprint density at radius 1 is 1.26 bits per heavy atom. The van der Waals surface area contributed by atoms with E-state index in [0.29, 0.717) is 25.9 Å². The molecule has 0 aromatic heterocycles. The minimum Gasteiger partial charge on any atom is -0.479 e. The maximum Gasteiger partial charge on any atom is 0.266 e. The topological polar surface area (TPSA) is 62.1 Å². The molecule has 2 aromatic rings. The molecule has 0 fully saturated rings. The molecule has 0 bridgehead atoms. The number of nitriles is 1. The summed E-state index contributed by atoms with van der Waals surface area (Å²) in [5, 5.41) is 12.2. The van der Waals surface area contributed by atoms with Crippen LogP contribution >= 0.6 is 31.9 Å². The number of rotatable bonds is 5. The van der Waals surface area contributed by atoms with Crippen LogP contribution in [-0.4, -0.2) is 12.5 Å². The number of nitrogens with zero attached hydrogens (tertiary/aromatic N) is 1. The summed E-state index contributed by atoms with van der Waals surface area (Å²) in [7, 11) is 0. The molecule has 0 aliphatic heterocycles. The van der Waals surface area contributed by atoms with Crippen LogP contribution in [0.2, 0.25) is 0 Å². The van der Waals surface area contributed by atoms with Crippen LogP contribution in [0.15, 0.2) is 44.9 Å². The molecule has 0 spiro atoms. The number of aryl methyl sites for hydroxylation is 2. The fourth-order valence-electron chi connectivity index (χ4n) is 2.37. The maximum atomic E-state index is 12.5. The van der Waals surface area contributed by atoms with Crippen molar-refractivity contribution in [3.8, 4) is 24.2 Å². The normalized spacial score (nSPS) is 10.7. The number of carbonyl (C=O) groups excluding carboxylic acids is 1. The number of terminal acetylenes is 1. The summed E-state index contributed by atoms with van der Waals surface area (Å²) < 4.78 is 6.77. The number of hydrogen-bond donors (Lipinski definition) is 1. The van der Waals surface area contributed by atoms with Gasteiger partial charge >= 0.3 is 0 Å². The number of hydrogen-bond acceptors (Lipinski definition) is 3. The van der Waals surface area contributed by atoms with Gasteiger partial charge in [-0.1, -0.05) is 23.6 Å². The van der Waals surface area contributed by atoms with Gasteiger partial charge in [-0.2, -0.15) is 5.26 Å². The molecule has 0 atom stereocenters. The van der Waals surface area contributed by atoms with E-state index >= 15 is 0 Å². The van der Waals surface area contributed by atoms with Gasteiger partial charge in [-0.15, -0.1) is 6.42 Å². The first-order chi connectivity index (χ1) is 12.8. The number of halogens is 2. The molecule has 6 heteroatoms. The van der Waals surface area contributed by atoms with E-state index in [2.05, 4.69) is 43.1 Å². The maximum absolute atomic E-state index is 12.5. The fraction of sp³-hybridized carbons (Fsp3) is 0.143. The summed E-state index contributed by atoms with van der Waals surface area (Å²) >= 11 is 6.82. The number of carbonyl (C=O) groups is 1. The molecule has 27 heavy (non-hydrogen) atoms. The summed E-state index contributed by atoms with van der Waals surface area (Å²) in [6.07, 6.45) is 6.72. The largest absolute Gasteiger partial charge is 0.479 e. The predicted octanol–water partition coefficient (Wildman–Crippen LogP) is 5.39. The molecule has 0 unspecified atom stereocenters. The van der Waals surface area contributed by atoms with Crippen molar-refractivity contribution in [1.29, 1.82) is 5.26 Å². The highest BCUT2D eigenvalue weighted by Crippen LogP contribution is 2.35. The molecule has 1 amide bonds. The first-order valence-corrected chi connectivity index (χ1v) is 9.50. The Balaban J connectivity index is 2.28. The Bertz CT molecular complexity index is 975. The molecule has 2 aromatic carbocycles. The summed E-state index contributed by atoms with van der Waals surface area (Å²) in [5.41, 5.74) is 3.36. The minimum absolute atomic E-state index is 0.00827. The lowest BCUT2D eigenvalue weighted by Crippen LogP contribution is -2.14.